The molecular weight excluding hydrogens is 379 g/mol. The van der Waals surface area contributed by atoms with Gasteiger partial charge in [0.1, 0.15) is 5.56 Å². The van der Waals surface area contributed by atoms with Crippen molar-refractivity contribution >= 4 is 17.6 Å². The number of methoxy groups -OCH3 is 1. The van der Waals surface area contributed by atoms with Gasteiger partial charge in [0.05, 0.1) is 7.11 Å². The molecule has 0 spiro atoms. The number of hydrogen-bond acceptors (Lipinski definition) is 6. The molecule has 0 bridgehead atoms. The van der Waals surface area contributed by atoms with Gasteiger partial charge >= 0.3 is 0 Å². The Morgan fingerprint density at radius 2 is 1.97 bits per heavy atom. The Hall–Kier alpha value is -3.10. The van der Waals surface area contributed by atoms with Gasteiger partial charge in [-0.1, -0.05) is 12.1 Å². The Balaban J connectivity index is 1.97. The summed E-state index contributed by atoms with van der Waals surface area (Å²) in [6.45, 7) is 2.60. The zero-order valence-corrected chi connectivity index (χ0v) is 17.0. The number of benzene rings is 1. The number of carbonyl (C=O) groups is 2. The van der Waals surface area contributed by atoms with Gasteiger partial charge in [-0.3, -0.25) is 9.59 Å². The highest BCUT2D eigenvalue weighted by Gasteiger charge is 2.38. The molecule has 2 heterocycles. The van der Waals surface area contributed by atoms with Crippen LogP contribution in [0.2, 0.25) is 0 Å². The summed E-state index contributed by atoms with van der Waals surface area (Å²) in [5.74, 6) is -0.490. The van der Waals surface area contributed by atoms with E-state index in [-0.39, 0.29) is 28.9 Å². The van der Waals surface area contributed by atoms with Gasteiger partial charge in [-0.05, 0) is 31.0 Å². The number of nitrogens with two attached hydrogens (primary N) is 1. The first-order valence-electron chi connectivity index (χ1n) is 9.28. The minimum Gasteiger partial charge on any atom is -0.494 e. The van der Waals surface area contributed by atoms with Crippen molar-refractivity contribution in [3.05, 3.63) is 29.6 Å². The first-order chi connectivity index (χ1) is 13.7. The molecule has 156 valence electrons. The standard InChI is InChI=1S/C20H25FN4O4/c1-20(19(22)27)7-9-25(10-8-20)18(26)15-16(29-23-17(15)24(2)3)12-5-6-13(21)14(11-12)28-4/h5-6,11H,7-10H2,1-4H3,(H2,22,27). The maximum atomic E-state index is 13.8. The Morgan fingerprint density at radius 1 is 1.31 bits per heavy atom. The van der Waals surface area contributed by atoms with Gasteiger partial charge in [0.25, 0.3) is 5.91 Å². The second-order valence-electron chi connectivity index (χ2n) is 7.67. The lowest BCUT2D eigenvalue weighted by Crippen LogP contribution is -2.47. The average molecular weight is 404 g/mol. The Kier molecular flexibility index (Phi) is 5.50. The van der Waals surface area contributed by atoms with Gasteiger partial charge in [-0.2, -0.15) is 0 Å². The number of likely N-dealkylation sites (tertiary alicyclic amines) is 1. The largest absolute Gasteiger partial charge is 0.494 e. The fourth-order valence-electron chi connectivity index (χ4n) is 3.39. The highest BCUT2D eigenvalue weighted by atomic mass is 19.1. The number of carbonyl (C=O) groups excluding carboxylic acids is 2. The molecule has 0 unspecified atom stereocenters. The van der Waals surface area contributed by atoms with Crippen LogP contribution in [0.1, 0.15) is 30.1 Å². The molecule has 1 saturated heterocycles. The number of halogens is 1. The first-order valence-corrected chi connectivity index (χ1v) is 9.28. The topological polar surface area (TPSA) is 102 Å². The number of hydrogen-bond donors (Lipinski definition) is 1. The van der Waals surface area contributed by atoms with Crippen LogP contribution >= 0.6 is 0 Å². The van der Waals surface area contributed by atoms with Crippen LogP contribution in [0, 0.1) is 11.2 Å². The number of primary amides is 1. The smallest absolute Gasteiger partial charge is 0.261 e. The molecule has 1 aromatic carbocycles. The number of ether oxygens (including phenoxy) is 1. The second-order valence-corrected chi connectivity index (χ2v) is 7.67. The number of anilines is 1. The Bertz CT molecular complexity index is 933. The van der Waals surface area contributed by atoms with Crippen LogP contribution in [0.25, 0.3) is 11.3 Å². The molecule has 1 aromatic heterocycles. The summed E-state index contributed by atoms with van der Waals surface area (Å²) >= 11 is 0. The van der Waals surface area contributed by atoms with Crippen LogP contribution < -0.4 is 15.4 Å². The lowest BCUT2D eigenvalue weighted by Gasteiger charge is -2.37. The van der Waals surface area contributed by atoms with Gasteiger partial charge in [-0.25, -0.2) is 4.39 Å². The van der Waals surface area contributed by atoms with E-state index in [2.05, 4.69) is 5.16 Å². The minimum absolute atomic E-state index is 0.0406. The lowest BCUT2D eigenvalue weighted by molar-refractivity contribution is -0.129. The quantitative estimate of drug-likeness (QED) is 0.820. The highest BCUT2D eigenvalue weighted by Crippen LogP contribution is 2.36. The van der Waals surface area contributed by atoms with E-state index in [1.807, 2.05) is 6.92 Å². The molecule has 2 amide bonds. The second kappa shape index (κ2) is 7.73. The molecule has 0 radical (unpaired) electrons. The molecule has 2 N–H and O–H groups in total. The van der Waals surface area contributed by atoms with Crippen molar-refractivity contribution in [2.75, 3.05) is 39.2 Å². The van der Waals surface area contributed by atoms with Crippen molar-refractivity contribution in [3.8, 4) is 17.1 Å². The van der Waals surface area contributed by atoms with E-state index >= 15 is 0 Å². The van der Waals surface area contributed by atoms with Gasteiger partial charge in [-0.15, -0.1) is 0 Å². The molecule has 1 aliphatic heterocycles. The molecule has 0 atom stereocenters. The predicted octanol–water partition coefficient (Wildman–Crippen LogP) is 2.28. The molecule has 1 fully saturated rings. The molecule has 8 nitrogen and oxygen atoms in total. The van der Waals surface area contributed by atoms with Crippen molar-refractivity contribution in [2.45, 2.75) is 19.8 Å². The maximum Gasteiger partial charge on any atom is 0.261 e. The summed E-state index contributed by atoms with van der Waals surface area (Å²) in [5.41, 5.74) is 5.64. The zero-order valence-electron chi connectivity index (χ0n) is 17.0. The maximum absolute atomic E-state index is 13.8. The average Bonchev–Trinajstić information content (AvgIpc) is 3.13. The molecule has 2 aromatic rings. The molecular formula is C20H25FN4O4. The minimum atomic E-state index is -0.622. The third-order valence-corrected chi connectivity index (χ3v) is 5.47. The number of piperidine rings is 1. The number of rotatable bonds is 5. The fourth-order valence-corrected chi connectivity index (χ4v) is 3.39. The molecule has 0 saturated carbocycles. The van der Waals surface area contributed by atoms with Crippen molar-refractivity contribution in [2.24, 2.45) is 11.1 Å². The first kappa shape index (κ1) is 20.6. The molecule has 29 heavy (non-hydrogen) atoms. The predicted molar refractivity (Wildman–Crippen MR) is 105 cm³/mol. The van der Waals surface area contributed by atoms with E-state index < -0.39 is 11.2 Å². The number of nitrogens with zero attached hydrogens (tertiary/aromatic N) is 3. The van der Waals surface area contributed by atoms with Crippen molar-refractivity contribution in [3.63, 3.8) is 0 Å². The van der Waals surface area contributed by atoms with E-state index in [0.717, 1.165) is 0 Å². The van der Waals surface area contributed by atoms with E-state index in [9.17, 15) is 14.0 Å². The van der Waals surface area contributed by atoms with Gasteiger partial charge < -0.3 is 24.8 Å². The zero-order chi connectivity index (χ0) is 21.3. The van der Waals surface area contributed by atoms with E-state index in [4.69, 9.17) is 15.0 Å². The third-order valence-electron chi connectivity index (χ3n) is 5.47. The molecule has 1 aliphatic rings. The monoisotopic (exact) mass is 404 g/mol. The lowest BCUT2D eigenvalue weighted by atomic mass is 9.79. The number of aromatic nitrogens is 1. The highest BCUT2D eigenvalue weighted by molar-refractivity contribution is 6.04. The van der Waals surface area contributed by atoms with Crippen LogP contribution in [0.5, 0.6) is 5.75 Å². The number of amides is 2. The van der Waals surface area contributed by atoms with Crippen LogP contribution in [-0.4, -0.2) is 56.2 Å². The summed E-state index contributed by atoms with van der Waals surface area (Å²) in [6, 6.07) is 4.22. The van der Waals surface area contributed by atoms with Gasteiger partial charge in [0, 0.05) is 38.2 Å². The summed E-state index contributed by atoms with van der Waals surface area (Å²) in [5, 5.41) is 4.04. The van der Waals surface area contributed by atoms with Crippen LogP contribution in [-0.2, 0) is 4.79 Å². The SMILES string of the molecule is COc1cc(-c2onc(N(C)C)c2C(=O)N2CCC(C)(C(N)=O)CC2)ccc1F. The van der Waals surface area contributed by atoms with E-state index in [1.165, 1.54) is 25.3 Å². The van der Waals surface area contributed by atoms with Crippen LogP contribution in [0.4, 0.5) is 10.2 Å². The van der Waals surface area contributed by atoms with Crippen molar-refractivity contribution in [1.29, 1.82) is 0 Å². The third kappa shape index (κ3) is 3.76. The van der Waals surface area contributed by atoms with Crippen molar-refractivity contribution in [1.82, 2.24) is 10.1 Å². The fraction of sp³-hybridized carbons (Fsp3) is 0.450. The summed E-state index contributed by atoms with van der Waals surface area (Å²) < 4.78 is 24.3. The molecule has 9 heteroatoms. The normalized spacial score (nSPS) is 15.8. The summed E-state index contributed by atoms with van der Waals surface area (Å²) in [7, 11) is 4.87. The van der Waals surface area contributed by atoms with E-state index in [0.29, 0.717) is 37.3 Å². The molecule has 0 aliphatic carbocycles. The van der Waals surface area contributed by atoms with Crippen LogP contribution in [0.15, 0.2) is 22.7 Å². The summed E-state index contributed by atoms with van der Waals surface area (Å²) in [4.78, 5) is 28.4. The van der Waals surface area contributed by atoms with Gasteiger partial charge in [0.15, 0.2) is 23.1 Å². The van der Waals surface area contributed by atoms with Crippen LogP contribution in [0.3, 0.4) is 0 Å². The Morgan fingerprint density at radius 3 is 2.52 bits per heavy atom. The molecule has 3 rings (SSSR count). The summed E-state index contributed by atoms with van der Waals surface area (Å²) in [6.07, 6.45) is 0.965. The van der Waals surface area contributed by atoms with Crippen molar-refractivity contribution < 1.29 is 23.2 Å². The Labute approximate surface area is 168 Å². The van der Waals surface area contributed by atoms with Gasteiger partial charge in [0.2, 0.25) is 5.91 Å². The van der Waals surface area contributed by atoms with E-state index in [1.54, 1.807) is 23.9 Å².